The van der Waals surface area contributed by atoms with Gasteiger partial charge < -0.3 is 4.74 Å². The number of alkyl halides is 11. The fraction of sp³-hybridized carbons (Fsp3) is 0.667. The SMILES string of the molecule is CCCCc1ccccc1C(CC(F)(F)C(F)(F)C(F)(F)C(F)(F)C(F)(F)F)OC. The van der Waals surface area contributed by atoms with Crippen molar-refractivity contribution in [1.29, 1.82) is 0 Å². The van der Waals surface area contributed by atoms with Gasteiger partial charge in [0.05, 0.1) is 6.10 Å². The second kappa shape index (κ2) is 8.88. The van der Waals surface area contributed by atoms with E-state index < -0.39 is 42.4 Å². The van der Waals surface area contributed by atoms with E-state index in [1.807, 2.05) is 0 Å². The molecule has 0 heterocycles. The van der Waals surface area contributed by atoms with E-state index in [0.29, 0.717) is 18.4 Å². The first kappa shape index (κ1) is 26.4. The summed E-state index contributed by atoms with van der Waals surface area (Å²) in [5.74, 6) is -27.8. The minimum absolute atomic E-state index is 0.0881. The molecule has 0 aliphatic carbocycles. The molecule has 0 radical (unpaired) electrons. The fourth-order valence-corrected chi connectivity index (χ4v) is 2.73. The summed E-state index contributed by atoms with van der Waals surface area (Å²) < 4.78 is 150. The van der Waals surface area contributed by atoms with Crippen LogP contribution >= 0.6 is 0 Å². The molecule has 1 atom stereocenters. The average molecular weight is 460 g/mol. The molecule has 1 aromatic carbocycles. The Bertz CT molecular complexity index is 698. The first-order valence-corrected chi connectivity index (χ1v) is 8.66. The summed E-state index contributed by atoms with van der Waals surface area (Å²) in [6, 6.07) is 5.45. The lowest BCUT2D eigenvalue weighted by atomic mass is 9.90. The quantitative estimate of drug-likeness (QED) is 0.335. The molecular formula is C18H19F11O. The van der Waals surface area contributed by atoms with Crippen LogP contribution in [0.2, 0.25) is 0 Å². The summed E-state index contributed by atoms with van der Waals surface area (Å²) in [5, 5.41) is 0. The summed E-state index contributed by atoms with van der Waals surface area (Å²) in [7, 11) is 0.790. The summed E-state index contributed by atoms with van der Waals surface area (Å²) >= 11 is 0. The highest BCUT2D eigenvalue weighted by Gasteiger charge is 2.87. The van der Waals surface area contributed by atoms with Gasteiger partial charge in [-0.15, -0.1) is 0 Å². The van der Waals surface area contributed by atoms with Gasteiger partial charge in [0.2, 0.25) is 0 Å². The molecule has 0 spiro atoms. The summed E-state index contributed by atoms with van der Waals surface area (Å²) in [6.07, 6.45) is -9.88. The van der Waals surface area contributed by atoms with Gasteiger partial charge in [0.25, 0.3) is 0 Å². The minimum Gasteiger partial charge on any atom is -0.377 e. The molecule has 0 aromatic heterocycles. The number of benzene rings is 1. The van der Waals surface area contributed by atoms with Crippen molar-refractivity contribution in [3.8, 4) is 0 Å². The molecule has 30 heavy (non-hydrogen) atoms. The molecule has 0 amide bonds. The third-order valence-electron chi connectivity index (χ3n) is 4.53. The molecule has 1 unspecified atom stereocenters. The Morgan fingerprint density at radius 1 is 0.800 bits per heavy atom. The van der Waals surface area contributed by atoms with Gasteiger partial charge in [0.1, 0.15) is 0 Å². The molecule has 0 saturated heterocycles. The van der Waals surface area contributed by atoms with Crippen LogP contribution in [0.25, 0.3) is 0 Å². The topological polar surface area (TPSA) is 9.23 Å². The van der Waals surface area contributed by atoms with Gasteiger partial charge in [-0.3, -0.25) is 0 Å². The number of halogens is 11. The van der Waals surface area contributed by atoms with Crippen LogP contribution in [-0.4, -0.2) is 37.0 Å². The van der Waals surface area contributed by atoms with Crippen LogP contribution in [0.5, 0.6) is 0 Å². The Hall–Kier alpha value is -1.59. The Kier molecular flexibility index (Phi) is 7.82. The van der Waals surface area contributed by atoms with E-state index in [2.05, 4.69) is 4.74 Å². The van der Waals surface area contributed by atoms with Crippen LogP contribution in [0.3, 0.4) is 0 Å². The van der Waals surface area contributed by atoms with E-state index in [4.69, 9.17) is 0 Å². The van der Waals surface area contributed by atoms with Crippen molar-refractivity contribution < 1.29 is 53.0 Å². The maximum absolute atomic E-state index is 14.1. The van der Waals surface area contributed by atoms with Crippen LogP contribution in [0.4, 0.5) is 48.3 Å². The first-order valence-electron chi connectivity index (χ1n) is 8.66. The van der Waals surface area contributed by atoms with Gasteiger partial charge in [0, 0.05) is 13.5 Å². The van der Waals surface area contributed by atoms with Crippen molar-refractivity contribution in [3.05, 3.63) is 35.4 Å². The van der Waals surface area contributed by atoms with E-state index in [0.717, 1.165) is 7.11 Å². The van der Waals surface area contributed by atoms with Gasteiger partial charge in [-0.05, 0) is 24.0 Å². The minimum atomic E-state index is -7.41. The van der Waals surface area contributed by atoms with Crippen molar-refractivity contribution in [2.75, 3.05) is 7.11 Å². The normalized spacial score (nSPS) is 15.4. The Morgan fingerprint density at radius 3 is 1.80 bits per heavy atom. The van der Waals surface area contributed by atoms with Crippen LogP contribution in [0, 0.1) is 0 Å². The molecule has 1 rings (SSSR count). The average Bonchev–Trinajstić information content (AvgIpc) is 2.63. The number of hydrogen-bond donors (Lipinski definition) is 0. The van der Waals surface area contributed by atoms with Crippen molar-refractivity contribution >= 4 is 0 Å². The van der Waals surface area contributed by atoms with Gasteiger partial charge in [-0.1, -0.05) is 37.6 Å². The van der Waals surface area contributed by atoms with E-state index in [-0.39, 0.29) is 12.0 Å². The number of hydrogen-bond acceptors (Lipinski definition) is 1. The number of methoxy groups -OCH3 is 1. The zero-order chi connectivity index (χ0) is 23.6. The number of rotatable bonds is 10. The maximum atomic E-state index is 14.1. The van der Waals surface area contributed by atoms with E-state index in [1.165, 1.54) is 24.3 Å². The van der Waals surface area contributed by atoms with Gasteiger partial charge >= 0.3 is 29.9 Å². The largest absolute Gasteiger partial charge is 0.460 e. The zero-order valence-corrected chi connectivity index (χ0v) is 15.8. The first-order chi connectivity index (χ1) is 13.5. The highest BCUT2D eigenvalue weighted by atomic mass is 19.4. The van der Waals surface area contributed by atoms with Crippen molar-refractivity contribution in [2.24, 2.45) is 0 Å². The van der Waals surface area contributed by atoms with E-state index in [9.17, 15) is 48.3 Å². The van der Waals surface area contributed by atoms with Crippen LogP contribution in [-0.2, 0) is 11.2 Å². The standard InChI is InChI=1S/C18H19F11O/c1-3-4-7-11-8-5-6-9-12(11)13(30-2)10-14(19,20)15(21,22)16(23,24)17(25,26)18(27,28)29/h5-6,8-9,13H,3-4,7,10H2,1-2H3. The van der Waals surface area contributed by atoms with Crippen LogP contribution in [0.1, 0.15) is 43.4 Å². The predicted octanol–water partition coefficient (Wildman–Crippen LogP) is 7.21. The lowest BCUT2D eigenvalue weighted by Crippen LogP contribution is -2.66. The van der Waals surface area contributed by atoms with Gasteiger partial charge in [0.15, 0.2) is 0 Å². The predicted molar refractivity (Wildman–Crippen MR) is 85.3 cm³/mol. The smallest absolute Gasteiger partial charge is 0.377 e. The van der Waals surface area contributed by atoms with Crippen molar-refractivity contribution in [1.82, 2.24) is 0 Å². The monoisotopic (exact) mass is 460 g/mol. The molecule has 1 aromatic rings. The highest BCUT2D eigenvalue weighted by molar-refractivity contribution is 5.30. The molecule has 0 aliphatic heterocycles. The van der Waals surface area contributed by atoms with Crippen LogP contribution in [0.15, 0.2) is 24.3 Å². The van der Waals surface area contributed by atoms with Crippen molar-refractivity contribution in [3.63, 3.8) is 0 Å². The molecule has 12 heteroatoms. The zero-order valence-electron chi connectivity index (χ0n) is 15.8. The summed E-state index contributed by atoms with van der Waals surface area (Å²) in [5.41, 5.74) is 0.271. The molecule has 0 aliphatic rings. The molecular weight excluding hydrogens is 441 g/mol. The number of unbranched alkanes of at least 4 members (excludes halogenated alkanes) is 1. The molecule has 0 saturated carbocycles. The maximum Gasteiger partial charge on any atom is 0.460 e. The Labute approximate surface area is 165 Å². The molecule has 1 nitrogen and oxygen atoms in total. The molecule has 0 fully saturated rings. The third-order valence-corrected chi connectivity index (χ3v) is 4.53. The van der Waals surface area contributed by atoms with Gasteiger partial charge in [-0.25, -0.2) is 0 Å². The molecule has 0 bridgehead atoms. The second-order valence-electron chi connectivity index (χ2n) is 6.66. The molecule has 0 N–H and O–H groups in total. The van der Waals surface area contributed by atoms with Crippen LogP contribution < -0.4 is 0 Å². The lowest BCUT2D eigenvalue weighted by Gasteiger charge is -2.38. The van der Waals surface area contributed by atoms with E-state index in [1.54, 1.807) is 6.92 Å². The number of ether oxygens (including phenoxy) is 1. The highest BCUT2D eigenvalue weighted by Crippen LogP contribution is 2.58. The van der Waals surface area contributed by atoms with Gasteiger partial charge in [-0.2, -0.15) is 48.3 Å². The van der Waals surface area contributed by atoms with E-state index >= 15 is 0 Å². The Morgan fingerprint density at radius 2 is 1.33 bits per heavy atom. The molecule has 174 valence electrons. The fourth-order valence-electron chi connectivity index (χ4n) is 2.73. The van der Waals surface area contributed by atoms with Crippen molar-refractivity contribution in [2.45, 2.75) is 68.6 Å². The number of aryl methyl sites for hydroxylation is 1. The summed E-state index contributed by atoms with van der Waals surface area (Å²) in [6.45, 7) is 1.80. The second-order valence-corrected chi connectivity index (χ2v) is 6.66. The lowest BCUT2D eigenvalue weighted by molar-refractivity contribution is -0.423. The Balaban J connectivity index is 3.33. The summed E-state index contributed by atoms with van der Waals surface area (Å²) in [4.78, 5) is 0. The third kappa shape index (κ3) is 4.67.